The van der Waals surface area contributed by atoms with Crippen LogP contribution in [0.3, 0.4) is 0 Å². The predicted octanol–water partition coefficient (Wildman–Crippen LogP) is -9.71. The Morgan fingerprint density at radius 2 is 0.697 bits per heavy atom. The van der Waals surface area contributed by atoms with Crippen LogP contribution in [-0.2, 0) is 69.3 Å². The Hall–Kier alpha value is -0.510. The molecule has 3 rings (SSSR count). The van der Waals surface area contributed by atoms with Crippen LogP contribution in [0.25, 0.3) is 0 Å². The van der Waals surface area contributed by atoms with Crippen LogP contribution >= 0.6 is 23.5 Å². The van der Waals surface area contributed by atoms with Gasteiger partial charge in [0.15, 0.2) is 18.9 Å². The fraction of sp³-hybridized carbons (Fsp3) is 1.00. The molecule has 0 spiro atoms. The zero-order chi connectivity index (χ0) is 49.7. The second-order valence-electron chi connectivity index (χ2n) is 14.6. The molecular weight excluding hydrogens is 981 g/mol. The van der Waals surface area contributed by atoms with Crippen molar-refractivity contribution in [2.45, 2.75) is 117 Å². The molecule has 7 unspecified atom stereocenters. The number of aliphatic hydroxyl groups excluding tert-OH is 15. The summed E-state index contributed by atoms with van der Waals surface area (Å²) in [6.07, 6.45) is -39.2. The Bertz CT molecular complexity index is 1550. The van der Waals surface area contributed by atoms with Gasteiger partial charge >= 0.3 is 23.5 Å². The molecule has 0 saturated carbocycles. The molecule has 0 aromatic heterocycles. The van der Waals surface area contributed by atoms with Gasteiger partial charge in [-0.3, -0.25) is 27.1 Å². The molecule has 18 N–H and O–H groups in total. The van der Waals surface area contributed by atoms with Crippen LogP contribution in [0.5, 0.6) is 0 Å². The number of hydrogen-bond acceptors (Lipinski definition) is 30. The molecule has 0 radical (unpaired) electrons. The minimum absolute atomic E-state index is 0.836. The fourth-order valence-corrected chi connectivity index (χ4v) is 7.98. The normalized spacial score (nSPS) is 37.8. The number of hydrogen-bond donors (Lipinski definition) is 18. The molecule has 22 atom stereocenters. The van der Waals surface area contributed by atoms with E-state index in [-0.39, 0.29) is 0 Å². The number of rotatable bonds is 29. The van der Waals surface area contributed by atoms with Crippen molar-refractivity contribution in [3.63, 3.8) is 0 Å². The molecule has 3 heterocycles. The van der Waals surface area contributed by atoms with E-state index in [9.17, 15) is 89.7 Å². The van der Waals surface area contributed by atoms with Crippen molar-refractivity contribution in [3.8, 4) is 0 Å². The summed E-state index contributed by atoms with van der Waals surface area (Å²) >= 11 is 0. The summed E-state index contributed by atoms with van der Waals surface area (Å²) < 4.78 is 98.7. The lowest BCUT2D eigenvalue weighted by Gasteiger charge is -2.48. The third kappa shape index (κ3) is 18.3. The first-order chi connectivity index (χ1) is 30.8. The first-order valence-corrected chi connectivity index (χ1v) is 23.9. The van der Waals surface area contributed by atoms with Gasteiger partial charge in [-0.1, -0.05) is 0 Å². The molecule has 33 nitrogen and oxygen atoms in total. The summed E-state index contributed by atoms with van der Waals surface area (Å²) in [6, 6.07) is 0. The van der Waals surface area contributed by atoms with E-state index in [1.54, 1.807) is 0 Å². The van der Waals surface area contributed by atoms with E-state index in [2.05, 4.69) is 13.6 Å². The van der Waals surface area contributed by atoms with Gasteiger partial charge in [0.2, 0.25) is 0 Å². The standard InChI is InChI=1S/C30H59O33P3/c31-1-12(35)5-52-29-26(23(43)20(40)17(60-29)10-57-65(48,49)54-7-14(37)3-33)63-30-27(24(44)21(41)18(61-30)11-58-66(50,51)55-8-15(38)4-34)62-28-25(45)22(42)19(39)16(59-28)9-56-64(46,47)53-6-13(36)2-32/h12-45H,1-11H2,(H,46,47)(H,48,49)(H,50,51)/t12?,13?,14?,15?,16-,17-,18-,19-,20-,21-,22+,23+,24+,25-,26-,27-,28-,29+,30-/m1/s1. The second-order valence-corrected chi connectivity index (χ2v) is 19.0. The summed E-state index contributed by atoms with van der Waals surface area (Å²) in [5.41, 5.74) is 0. The summed E-state index contributed by atoms with van der Waals surface area (Å²) in [4.78, 5) is 30.1. The minimum Gasteiger partial charge on any atom is -0.394 e. The number of phosphoric ester groups is 3. The summed E-state index contributed by atoms with van der Waals surface area (Å²) in [5.74, 6) is 0. The molecule has 3 aliphatic heterocycles. The lowest BCUT2D eigenvalue weighted by Crippen LogP contribution is -2.67. The zero-order valence-electron chi connectivity index (χ0n) is 34.3. The quantitative estimate of drug-likeness (QED) is 0.0309. The average molecular weight is 1040 g/mol. The molecule has 36 heteroatoms. The van der Waals surface area contributed by atoms with E-state index in [1.165, 1.54) is 0 Å². The van der Waals surface area contributed by atoms with Gasteiger partial charge in [-0.25, -0.2) is 13.7 Å². The lowest BCUT2D eigenvalue weighted by atomic mass is 9.96. The third-order valence-electron chi connectivity index (χ3n) is 9.33. The average Bonchev–Trinajstić information content (AvgIpc) is 3.28. The van der Waals surface area contributed by atoms with Crippen LogP contribution in [-0.4, -0.2) is 280 Å². The van der Waals surface area contributed by atoms with Gasteiger partial charge in [0.05, 0.1) is 72.7 Å². The highest BCUT2D eigenvalue weighted by molar-refractivity contribution is 7.47. The van der Waals surface area contributed by atoms with E-state index in [1.807, 2.05) is 0 Å². The Morgan fingerprint density at radius 1 is 0.394 bits per heavy atom. The van der Waals surface area contributed by atoms with Crippen LogP contribution in [0.4, 0.5) is 0 Å². The van der Waals surface area contributed by atoms with Crippen molar-refractivity contribution >= 4 is 23.5 Å². The molecule has 3 fully saturated rings. The van der Waals surface area contributed by atoms with E-state index in [0.29, 0.717) is 0 Å². The van der Waals surface area contributed by atoms with E-state index in [4.69, 9.17) is 57.3 Å². The van der Waals surface area contributed by atoms with Crippen LogP contribution in [0.2, 0.25) is 0 Å². The largest absolute Gasteiger partial charge is 0.472 e. The maximum atomic E-state index is 12.5. The highest BCUT2D eigenvalue weighted by atomic mass is 31.2. The molecular formula is C30H59O33P3. The molecule has 0 aromatic carbocycles. The van der Waals surface area contributed by atoms with Crippen molar-refractivity contribution in [3.05, 3.63) is 0 Å². The number of phosphoric acid groups is 3. The van der Waals surface area contributed by atoms with E-state index in [0.717, 1.165) is 0 Å². The van der Waals surface area contributed by atoms with Crippen LogP contribution in [0.15, 0.2) is 0 Å². The zero-order valence-corrected chi connectivity index (χ0v) is 36.9. The topological polar surface area (TPSA) is 526 Å². The van der Waals surface area contributed by atoms with Gasteiger partial charge in [0, 0.05) is 0 Å². The van der Waals surface area contributed by atoms with Crippen molar-refractivity contribution < 1.29 is 161 Å². The SMILES string of the molecule is O=P(O)(OCC(O)CO)OC[C@H]1O[C@H](O[C@H]2[C@@H](O[C@H]3[C@@H](OCC(O)CO)O[C@H](COP(=O)(O)OCC(O)CO)[C@@H](O)[C@@H]3O)O[C@H](COP(=O)(O)OCC(O)CO)[C@@H](O)[C@@H]2O)[C@H](O)[C@@H](O)[C@@H]1O. The van der Waals surface area contributed by atoms with Gasteiger partial charge in [-0.15, -0.1) is 0 Å². The molecule has 392 valence electrons. The minimum atomic E-state index is -5.16. The van der Waals surface area contributed by atoms with E-state index < -0.39 is 213 Å². The first kappa shape index (κ1) is 59.8. The molecule has 0 aromatic rings. The fourth-order valence-electron chi connectivity index (χ4n) is 5.67. The van der Waals surface area contributed by atoms with Crippen LogP contribution in [0.1, 0.15) is 0 Å². The van der Waals surface area contributed by atoms with Gasteiger partial charge in [-0.2, -0.15) is 0 Å². The van der Waals surface area contributed by atoms with Crippen molar-refractivity contribution in [2.75, 3.05) is 72.7 Å². The lowest BCUT2D eigenvalue weighted by molar-refractivity contribution is -0.393. The Kier molecular flexibility index (Phi) is 24.8. The highest BCUT2D eigenvalue weighted by Gasteiger charge is 2.55. The summed E-state index contributed by atoms with van der Waals surface area (Å²) in [7, 11) is -15.3. The molecule has 0 bridgehead atoms. The molecule has 3 saturated heterocycles. The Balaban J connectivity index is 1.95. The van der Waals surface area contributed by atoms with Crippen molar-refractivity contribution in [1.29, 1.82) is 0 Å². The summed E-state index contributed by atoms with van der Waals surface area (Å²) in [6.45, 7) is -10.6. The molecule has 66 heavy (non-hydrogen) atoms. The predicted molar refractivity (Wildman–Crippen MR) is 201 cm³/mol. The first-order valence-electron chi connectivity index (χ1n) is 19.5. The summed E-state index contributed by atoms with van der Waals surface area (Å²) in [5, 5.41) is 151. The third-order valence-corrected chi connectivity index (χ3v) is 12.2. The van der Waals surface area contributed by atoms with Crippen LogP contribution < -0.4 is 0 Å². The van der Waals surface area contributed by atoms with Crippen molar-refractivity contribution in [2.24, 2.45) is 0 Å². The monoisotopic (exact) mass is 1040 g/mol. The maximum Gasteiger partial charge on any atom is 0.472 e. The van der Waals surface area contributed by atoms with E-state index >= 15 is 0 Å². The molecule has 3 aliphatic rings. The van der Waals surface area contributed by atoms with Crippen LogP contribution in [0, 0.1) is 0 Å². The molecule has 0 amide bonds. The smallest absolute Gasteiger partial charge is 0.394 e. The molecule has 0 aliphatic carbocycles. The Morgan fingerprint density at radius 3 is 1.08 bits per heavy atom. The van der Waals surface area contributed by atoms with Gasteiger partial charge in [0.25, 0.3) is 0 Å². The number of aliphatic hydroxyl groups is 15. The van der Waals surface area contributed by atoms with Crippen molar-refractivity contribution in [1.82, 2.24) is 0 Å². The Labute approximate surface area is 373 Å². The maximum absolute atomic E-state index is 12.5. The van der Waals surface area contributed by atoms with Gasteiger partial charge in [-0.05, 0) is 0 Å². The second kappa shape index (κ2) is 27.4. The van der Waals surface area contributed by atoms with Gasteiger partial charge in [0.1, 0.15) is 97.7 Å². The number of ether oxygens (including phenoxy) is 6. The van der Waals surface area contributed by atoms with Gasteiger partial charge < -0.3 is 120 Å². The highest BCUT2D eigenvalue weighted by Crippen LogP contribution is 2.46.